The van der Waals surface area contributed by atoms with Crippen molar-refractivity contribution in [2.24, 2.45) is 28.9 Å². The molecule has 0 bridgehead atoms. The lowest BCUT2D eigenvalue weighted by molar-refractivity contribution is -0.203. The molecule has 3 fully saturated rings. The van der Waals surface area contributed by atoms with Crippen LogP contribution in [0.3, 0.4) is 0 Å². The van der Waals surface area contributed by atoms with Crippen molar-refractivity contribution in [2.75, 3.05) is 13.2 Å². The third kappa shape index (κ3) is 4.35. The molecule has 11 nitrogen and oxygen atoms in total. The van der Waals surface area contributed by atoms with Crippen LogP contribution in [0, 0.1) is 5.92 Å². The van der Waals surface area contributed by atoms with Gasteiger partial charge in [0.15, 0.2) is 6.29 Å². The summed E-state index contributed by atoms with van der Waals surface area (Å²) in [5, 5.41) is 40.9. The van der Waals surface area contributed by atoms with Crippen molar-refractivity contribution in [1.29, 1.82) is 0 Å². The van der Waals surface area contributed by atoms with Crippen LogP contribution in [0.15, 0.2) is 0 Å². The number of hydrogen-bond acceptors (Lipinski definition) is 11. The number of ether oxygens (including phenoxy) is 3. The molecule has 0 radical (unpaired) electrons. The summed E-state index contributed by atoms with van der Waals surface area (Å²) in [6.45, 7) is -0.434. The Kier molecular flexibility index (Phi) is 7.27. The van der Waals surface area contributed by atoms with E-state index in [1.165, 1.54) is 0 Å². The molecule has 28 heavy (non-hydrogen) atoms. The number of rotatable bonds is 5. The van der Waals surface area contributed by atoms with Gasteiger partial charge in [0.2, 0.25) is 0 Å². The standard InChI is InChI=1S/C17H34N4O7/c18-4-9-13(23)15(25)12(21)16(27-9)11-10(5-22)28-17(14(11)24)26-8-2-6(19)1-7(20)3-8/h6-17,22-25H,1-5,18-21H2/t6-,7+,8-,9-,10+,11?,12+,13+,14+,15+,16+,17+/m0/s1. The van der Waals surface area contributed by atoms with Gasteiger partial charge in [0.05, 0.1) is 37.1 Å². The topological polar surface area (TPSA) is 213 Å². The maximum Gasteiger partial charge on any atom is 0.184 e. The summed E-state index contributed by atoms with van der Waals surface area (Å²) in [5.74, 6) is -0.771. The predicted molar refractivity (Wildman–Crippen MR) is 97.6 cm³/mol. The van der Waals surface area contributed by atoms with E-state index in [1.54, 1.807) is 0 Å². The Morgan fingerprint density at radius 3 is 2.07 bits per heavy atom. The van der Waals surface area contributed by atoms with Crippen LogP contribution in [-0.4, -0.2) is 101 Å². The molecule has 2 aliphatic heterocycles. The van der Waals surface area contributed by atoms with E-state index < -0.39 is 61.5 Å². The van der Waals surface area contributed by atoms with Gasteiger partial charge in [-0.1, -0.05) is 0 Å². The quantitative estimate of drug-likeness (QED) is 0.218. The van der Waals surface area contributed by atoms with Crippen molar-refractivity contribution in [3.8, 4) is 0 Å². The normalized spacial score (nSPS) is 52.7. The molecule has 12 N–H and O–H groups in total. The van der Waals surface area contributed by atoms with E-state index >= 15 is 0 Å². The summed E-state index contributed by atoms with van der Waals surface area (Å²) in [6, 6.07) is -1.17. The van der Waals surface area contributed by atoms with Crippen LogP contribution in [0.1, 0.15) is 19.3 Å². The highest BCUT2D eigenvalue weighted by Crippen LogP contribution is 2.37. The predicted octanol–water partition coefficient (Wildman–Crippen LogP) is -4.32. The van der Waals surface area contributed by atoms with Gasteiger partial charge in [0.25, 0.3) is 0 Å². The van der Waals surface area contributed by atoms with E-state index in [4.69, 9.17) is 37.1 Å². The van der Waals surface area contributed by atoms with Gasteiger partial charge in [-0.25, -0.2) is 0 Å². The van der Waals surface area contributed by atoms with Crippen LogP contribution in [0.4, 0.5) is 0 Å². The lowest BCUT2D eigenvalue weighted by atomic mass is 9.82. The van der Waals surface area contributed by atoms with Crippen LogP contribution in [0.2, 0.25) is 0 Å². The van der Waals surface area contributed by atoms with Crippen molar-refractivity contribution in [3.05, 3.63) is 0 Å². The Morgan fingerprint density at radius 1 is 0.857 bits per heavy atom. The van der Waals surface area contributed by atoms with Gasteiger partial charge in [-0.15, -0.1) is 0 Å². The van der Waals surface area contributed by atoms with E-state index in [2.05, 4.69) is 0 Å². The average molecular weight is 406 g/mol. The van der Waals surface area contributed by atoms with Gasteiger partial charge in [0, 0.05) is 24.5 Å². The zero-order chi connectivity index (χ0) is 20.6. The Morgan fingerprint density at radius 2 is 1.50 bits per heavy atom. The first-order chi connectivity index (χ1) is 13.3. The van der Waals surface area contributed by atoms with Crippen LogP contribution in [-0.2, 0) is 14.2 Å². The molecule has 164 valence electrons. The number of nitrogens with two attached hydrogens (primary N) is 4. The van der Waals surface area contributed by atoms with Gasteiger partial charge in [-0.05, 0) is 19.3 Å². The fraction of sp³-hybridized carbons (Fsp3) is 1.00. The van der Waals surface area contributed by atoms with E-state index in [1.807, 2.05) is 0 Å². The molecule has 11 heteroatoms. The fourth-order valence-electron chi connectivity index (χ4n) is 4.64. The first-order valence-electron chi connectivity index (χ1n) is 9.85. The maximum absolute atomic E-state index is 10.9. The fourth-order valence-corrected chi connectivity index (χ4v) is 4.64. The highest BCUT2D eigenvalue weighted by atomic mass is 16.7. The molecule has 0 aromatic rings. The van der Waals surface area contributed by atoms with Crippen molar-refractivity contribution in [2.45, 2.75) is 86.4 Å². The van der Waals surface area contributed by atoms with Gasteiger partial charge < -0.3 is 57.6 Å². The first-order valence-corrected chi connectivity index (χ1v) is 9.85. The molecule has 1 unspecified atom stereocenters. The lowest BCUT2D eigenvalue weighted by Crippen LogP contribution is -2.66. The zero-order valence-corrected chi connectivity index (χ0v) is 15.8. The zero-order valence-electron chi connectivity index (χ0n) is 15.8. The Bertz CT molecular complexity index is 506. The number of aliphatic hydroxyl groups excluding tert-OH is 4. The SMILES string of the molecule is NC[C@@H]1O[C@H](C2[C@@H](O)[C@H](O[C@@H]3C[C@H](N)C[C@H](N)C3)O[C@@H]2CO)[C@H](N)[C@@H](O)[C@@H]1O. The van der Waals surface area contributed by atoms with E-state index in [-0.39, 0.29) is 24.7 Å². The molecule has 0 aromatic carbocycles. The molecule has 0 aromatic heterocycles. The number of aliphatic hydroxyl groups is 4. The van der Waals surface area contributed by atoms with Gasteiger partial charge in [-0.2, -0.15) is 0 Å². The van der Waals surface area contributed by atoms with Crippen molar-refractivity contribution in [3.63, 3.8) is 0 Å². The molecular weight excluding hydrogens is 372 g/mol. The van der Waals surface area contributed by atoms with E-state index in [0.29, 0.717) is 19.3 Å². The second-order valence-corrected chi connectivity index (χ2v) is 8.21. The summed E-state index contributed by atoms with van der Waals surface area (Å²) in [7, 11) is 0. The second kappa shape index (κ2) is 9.14. The van der Waals surface area contributed by atoms with Gasteiger partial charge >= 0.3 is 0 Å². The molecule has 2 saturated heterocycles. The lowest BCUT2D eigenvalue weighted by Gasteiger charge is -2.44. The highest BCUT2D eigenvalue weighted by molar-refractivity contribution is 5.03. The van der Waals surface area contributed by atoms with Crippen molar-refractivity contribution < 1.29 is 34.6 Å². The molecule has 12 atom stereocenters. The van der Waals surface area contributed by atoms with E-state index in [9.17, 15) is 20.4 Å². The average Bonchev–Trinajstić information content (AvgIpc) is 2.95. The third-order valence-corrected chi connectivity index (χ3v) is 6.10. The summed E-state index contributed by atoms with van der Waals surface area (Å²) >= 11 is 0. The Balaban J connectivity index is 1.72. The minimum atomic E-state index is -1.28. The minimum absolute atomic E-state index is 0.0350. The largest absolute Gasteiger partial charge is 0.394 e. The maximum atomic E-state index is 10.9. The molecular formula is C17H34N4O7. The molecule has 1 aliphatic carbocycles. The second-order valence-electron chi connectivity index (χ2n) is 8.21. The highest BCUT2D eigenvalue weighted by Gasteiger charge is 2.55. The van der Waals surface area contributed by atoms with Crippen LogP contribution in [0.5, 0.6) is 0 Å². The molecule has 0 amide bonds. The number of hydrogen-bond donors (Lipinski definition) is 8. The van der Waals surface area contributed by atoms with E-state index in [0.717, 1.165) is 0 Å². The monoisotopic (exact) mass is 406 g/mol. The van der Waals surface area contributed by atoms with Crippen LogP contribution < -0.4 is 22.9 Å². The Labute approximate surface area is 163 Å². The summed E-state index contributed by atoms with van der Waals surface area (Å²) in [6.07, 6.45) is -5.63. The smallest absolute Gasteiger partial charge is 0.184 e. The summed E-state index contributed by atoms with van der Waals surface area (Å²) < 4.78 is 17.4. The molecule has 3 rings (SSSR count). The van der Waals surface area contributed by atoms with Gasteiger partial charge in [0.1, 0.15) is 18.3 Å². The first kappa shape index (κ1) is 22.2. The third-order valence-electron chi connectivity index (χ3n) is 6.10. The van der Waals surface area contributed by atoms with Crippen molar-refractivity contribution in [1.82, 2.24) is 0 Å². The Hall–Kier alpha value is -0.440. The molecule has 3 aliphatic rings. The molecule has 0 spiro atoms. The van der Waals surface area contributed by atoms with Crippen molar-refractivity contribution >= 4 is 0 Å². The molecule has 2 heterocycles. The van der Waals surface area contributed by atoms with Gasteiger partial charge in [-0.3, -0.25) is 0 Å². The summed E-state index contributed by atoms with van der Waals surface area (Å²) in [5.41, 5.74) is 23.7. The van der Waals surface area contributed by atoms with Crippen LogP contribution >= 0.6 is 0 Å². The van der Waals surface area contributed by atoms with Crippen LogP contribution in [0.25, 0.3) is 0 Å². The minimum Gasteiger partial charge on any atom is -0.394 e. The summed E-state index contributed by atoms with van der Waals surface area (Å²) in [4.78, 5) is 0. The molecule has 1 saturated carbocycles.